The first-order valence-electron chi connectivity index (χ1n) is 9.27. The van der Waals surface area contributed by atoms with Gasteiger partial charge in [-0.3, -0.25) is 4.72 Å². The molecule has 0 aromatic heterocycles. The van der Waals surface area contributed by atoms with Crippen LogP contribution < -0.4 is 9.62 Å². The number of anilines is 2. The van der Waals surface area contributed by atoms with Crippen molar-refractivity contribution in [2.45, 2.75) is 37.0 Å². The van der Waals surface area contributed by atoms with Crippen LogP contribution in [-0.4, -0.2) is 32.6 Å². The number of sulfonamides is 1. The van der Waals surface area contributed by atoms with Crippen molar-refractivity contribution >= 4 is 27.4 Å². The van der Waals surface area contributed by atoms with Crippen LogP contribution in [0.1, 0.15) is 42.5 Å². The number of nitrogens with one attached hydrogen (secondary N) is 1. The molecule has 1 saturated heterocycles. The molecule has 1 aliphatic rings. The summed E-state index contributed by atoms with van der Waals surface area (Å²) in [6.45, 7) is 1.56. The molecule has 0 unspecified atom stereocenters. The molecule has 0 radical (unpaired) electrons. The van der Waals surface area contributed by atoms with Crippen LogP contribution in [0, 0.1) is 5.82 Å². The van der Waals surface area contributed by atoms with E-state index in [2.05, 4.69) is 9.62 Å². The van der Waals surface area contributed by atoms with Crippen molar-refractivity contribution in [1.29, 1.82) is 0 Å². The molecule has 3 rings (SSSR count). The standard InChI is InChI=1S/C20H23FN2O4S/c21-15-6-9-17(10-7-15)28(26,27)22-16-8-11-19(18(14-16)20(24)25)23-12-4-2-1-3-5-13-23/h6-11,14,22H,1-5,12-13H2,(H,24,25). The van der Waals surface area contributed by atoms with Crippen LogP contribution in [0.3, 0.4) is 0 Å². The van der Waals surface area contributed by atoms with E-state index in [9.17, 15) is 22.7 Å². The van der Waals surface area contributed by atoms with Crippen molar-refractivity contribution in [2.75, 3.05) is 22.7 Å². The van der Waals surface area contributed by atoms with Crippen molar-refractivity contribution < 1.29 is 22.7 Å². The Morgan fingerprint density at radius 3 is 2.18 bits per heavy atom. The normalized spacial score (nSPS) is 15.5. The lowest BCUT2D eigenvalue weighted by atomic mass is 10.1. The van der Waals surface area contributed by atoms with Crippen LogP contribution in [0.25, 0.3) is 0 Å². The topological polar surface area (TPSA) is 86.7 Å². The van der Waals surface area contributed by atoms with Crippen LogP contribution in [-0.2, 0) is 10.0 Å². The molecule has 0 saturated carbocycles. The lowest BCUT2D eigenvalue weighted by Gasteiger charge is -2.28. The molecule has 150 valence electrons. The van der Waals surface area contributed by atoms with Gasteiger partial charge in [-0.15, -0.1) is 0 Å². The van der Waals surface area contributed by atoms with E-state index >= 15 is 0 Å². The second kappa shape index (κ2) is 8.60. The lowest BCUT2D eigenvalue weighted by molar-refractivity contribution is 0.0697. The third-order valence-corrected chi connectivity index (χ3v) is 6.20. The number of carboxylic acid groups (broad SMARTS) is 1. The summed E-state index contributed by atoms with van der Waals surface area (Å²) in [6, 6.07) is 8.96. The first-order valence-corrected chi connectivity index (χ1v) is 10.8. The van der Waals surface area contributed by atoms with E-state index in [1.165, 1.54) is 12.5 Å². The van der Waals surface area contributed by atoms with Gasteiger partial charge in [-0.2, -0.15) is 0 Å². The van der Waals surface area contributed by atoms with Crippen molar-refractivity contribution in [2.24, 2.45) is 0 Å². The number of rotatable bonds is 5. The fourth-order valence-corrected chi connectivity index (χ4v) is 4.41. The second-order valence-electron chi connectivity index (χ2n) is 6.85. The minimum Gasteiger partial charge on any atom is -0.478 e. The summed E-state index contributed by atoms with van der Waals surface area (Å²) < 4.78 is 40.3. The Balaban J connectivity index is 1.88. The largest absolute Gasteiger partial charge is 0.478 e. The number of aromatic carboxylic acids is 1. The van der Waals surface area contributed by atoms with Gasteiger partial charge in [-0.05, 0) is 55.3 Å². The lowest BCUT2D eigenvalue weighted by Crippen LogP contribution is -2.28. The van der Waals surface area contributed by atoms with E-state index in [4.69, 9.17) is 0 Å². The van der Waals surface area contributed by atoms with Gasteiger partial charge in [0.15, 0.2) is 0 Å². The molecular weight excluding hydrogens is 383 g/mol. The van der Waals surface area contributed by atoms with Gasteiger partial charge in [0.1, 0.15) is 5.82 Å². The van der Waals surface area contributed by atoms with Crippen molar-refractivity contribution in [3.63, 3.8) is 0 Å². The fourth-order valence-electron chi connectivity index (χ4n) is 3.36. The van der Waals surface area contributed by atoms with E-state index in [1.54, 1.807) is 12.1 Å². The Morgan fingerprint density at radius 2 is 1.57 bits per heavy atom. The van der Waals surface area contributed by atoms with Crippen LogP contribution in [0.5, 0.6) is 0 Å². The van der Waals surface area contributed by atoms with Gasteiger partial charge in [0.05, 0.1) is 16.1 Å². The summed E-state index contributed by atoms with van der Waals surface area (Å²) in [5.74, 6) is -1.65. The fraction of sp³-hybridized carbons (Fsp3) is 0.350. The monoisotopic (exact) mass is 406 g/mol. The number of hydrogen-bond acceptors (Lipinski definition) is 4. The molecule has 1 fully saturated rings. The van der Waals surface area contributed by atoms with E-state index in [0.29, 0.717) is 5.69 Å². The zero-order valence-electron chi connectivity index (χ0n) is 15.4. The van der Waals surface area contributed by atoms with Crippen LogP contribution in [0.4, 0.5) is 15.8 Å². The first kappa shape index (κ1) is 20.1. The second-order valence-corrected chi connectivity index (χ2v) is 8.53. The minimum atomic E-state index is -3.94. The van der Waals surface area contributed by atoms with E-state index in [-0.39, 0.29) is 16.1 Å². The summed E-state index contributed by atoms with van der Waals surface area (Å²) in [5.41, 5.74) is 0.802. The maximum Gasteiger partial charge on any atom is 0.337 e. The van der Waals surface area contributed by atoms with Gasteiger partial charge in [-0.25, -0.2) is 17.6 Å². The van der Waals surface area contributed by atoms with Gasteiger partial charge in [0.2, 0.25) is 0 Å². The van der Waals surface area contributed by atoms with Crippen molar-refractivity contribution in [3.05, 3.63) is 53.8 Å². The molecule has 1 heterocycles. The Morgan fingerprint density at radius 1 is 0.964 bits per heavy atom. The third kappa shape index (κ3) is 4.81. The summed E-state index contributed by atoms with van der Waals surface area (Å²) in [4.78, 5) is 13.8. The van der Waals surface area contributed by atoms with E-state index < -0.39 is 21.8 Å². The summed E-state index contributed by atoms with van der Waals surface area (Å²) in [5, 5.41) is 9.65. The smallest absolute Gasteiger partial charge is 0.337 e. The molecule has 2 aromatic carbocycles. The zero-order chi connectivity index (χ0) is 20.1. The third-order valence-electron chi connectivity index (χ3n) is 4.80. The molecule has 1 aliphatic heterocycles. The Bertz CT molecular complexity index is 937. The Kier molecular flexibility index (Phi) is 6.18. The highest BCUT2D eigenvalue weighted by Crippen LogP contribution is 2.28. The van der Waals surface area contributed by atoms with Gasteiger partial charge in [-0.1, -0.05) is 19.3 Å². The number of carbonyl (C=O) groups is 1. The predicted molar refractivity (Wildman–Crippen MR) is 106 cm³/mol. The first-order chi connectivity index (χ1) is 13.4. The number of benzene rings is 2. The highest BCUT2D eigenvalue weighted by Gasteiger charge is 2.20. The number of halogens is 1. The van der Waals surface area contributed by atoms with Crippen molar-refractivity contribution in [3.8, 4) is 0 Å². The molecule has 0 bridgehead atoms. The zero-order valence-corrected chi connectivity index (χ0v) is 16.2. The molecule has 0 spiro atoms. The molecule has 6 nitrogen and oxygen atoms in total. The molecule has 2 N–H and O–H groups in total. The maximum absolute atomic E-state index is 13.0. The summed E-state index contributed by atoms with van der Waals surface area (Å²) in [6.07, 6.45) is 5.43. The maximum atomic E-state index is 13.0. The molecule has 0 amide bonds. The molecule has 8 heteroatoms. The van der Waals surface area contributed by atoms with E-state index in [1.807, 2.05) is 0 Å². The number of carboxylic acids is 1. The quantitative estimate of drug-likeness (QED) is 0.781. The van der Waals surface area contributed by atoms with Gasteiger partial charge in [0, 0.05) is 18.8 Å². The molecule has 2 aromatic rings. The highest BCUT2D eigenvalue weighted by atomic mass is 32.2. The molecular formula is C20H23FN2O4S. The number of nitrogens with zero attached hydrogens (tertiary/aromatic N) is 1. The van der Waals surface area contributed by atoms with Crippen LogP contribution >= 0.6 is 0 Å². The van der Waals surface area contributed by atoms with Gasteiger partial charge >= 0.3 is 5.97 Å². The van der Waals surface area contributed by atoms with Crippen LogP contribution in [0.15, 0.2) is 47.4 Å². The average molecular weight is 406 g/mol. The molecule has 28 heavy (non-hydrogen) atoms. The van der Waals surface area contributed by atoms with Gasteiger partial charge in [0.25, 0.3) is 10.0 Å². The molecule has 0 atom stereocenters. The van der Waals surface area contributed by atoms with Crippen LogP contribution in [0.2, 0.25) is 0 Å². The summed E-state index contributed by atoms with van der Waals surface area (Å²) >= 11 is 0. The van der Waals surface area contributed by atoms with Crippen molar-refractivity contribution in [1.82, 2.24) is 0 Å². The summed E-state index contributed by atoms with van der Waals surface area (Å²) in [7, 11) is -3.94. The average Bonchev–Trinajstić information content (AvgIpc) is 2.62. The predicted octanol–water partition coefficient (Wildman–Crippen LogP) is 4.10. The van der Waals surface area contributed by atoms with E-state index in [0.717, 1.165) is 63.0 Å². The highest BCUT2D eigenvalue weighted by molar-refractivity contribution is 7.92. The Labute approximate surface area is 164 Å². The molecule has 0 aliphatic carbocycles. The van der Waals surface area contributed by atoms with Gasteiger partial charge < -0.3 is 10.0 Å². The minimum absolute atomic E-state index is 0.0554. The Hall–Kier alpha value is -2.61. The SMILES string of the molecule is O=C(O)c1cc(NS(=O)(=O)c2ccc(F)cc2)ccc1N1CCCCCCC1. The number of hydrogen-bond donors (Lipinski definition) is 2.